The molecule has 7 heteroatoms. The van der Waals surface area contributed by atoms with Crippen molar-refractivity contribution in [2.24, 2.45) is 0 Å². The molecule has 1 heterocycles. The molecule has 0 radical (unpaired) electrons. The Bertz CT molecular complexity index is 452. The highest BCUT2D eigenvalue weighted by molar-refractivity contribution is 7.89. The van der Waals surface area contributed by atoms with Crippen LogP contribution >= 0.6 is 11.6 Å². The SMILES string of the molecule is C=C(Cl)CNS(=O)(=O)c1cn(CC)cn1. The summed E-state index contributed by atoms with van der Waals surface area (Å²) in [5.74, 6) is 0. The molecule has 0 aliphatic heterocycles. The zero-order valence-corrected chi connectivity index (χ0v) is 9.85. The molecule has 1 rings (SSSR count). The Hall–Kier alpha value is -0.850. The van der Waals surface area contributed by atoms with Gasteiger partial charge >= 0.3 is 0 Å². The Morgan fingerprint density at radius 3 is 2.87 bits per heavy atom. The minimum absolute atomic E-state index is 0.00285. The van der Waals surface area contributed by atoms with Gasteiger partial charge in [-0.15, -0.1) is 0 Å². The minimum atomic E-state index is -3.57. The molecule has 0 saturated heterocycles. The first-order chi connectivity index (χ1) is 6.95. The van der Waals surface area contributed by atoms with Gasteiger partial charge in [-0.1, -0.05) is 18.2 Å². The van der Waals surface area contributed by atoms with Gasteiger partial charge in [0, 0.05) is 24.3 Å². The third-order valence-electron chi connectivity index (χ3n) is 1.70. The molecule has 0 aromatic carbocycles. The molecule has 0 spiro atoms. The molecular formula is C8H12ClN3O2S. The van der Waals surface area contributed by atoms with Gasteiger partial charge in [0.25, 0.3) is 10.0 Å². The van der Waals surface area contributed by atoms with Crippen molar-refractivity contribution in [2.75, 3.05) is 6.54 Å². The number of aromatic nitrogens is 2. The highest BCUT2D eigenvalue weighted by atomic mass is 35.5. The van der Waals surface area contributed by atoms with Crippen LogP contribution in [0.25, 0.3) is 0 Å². The molecule has 0 fully saturated rings. The van der Waals surface area contributed by atoms with Crippen LogP contribution in [0.1, 0.15) is 6.92 Å². The third-order valence-corrected chi connectivity index (χ3v) is 3.12. The van der Waals surface area contributed by atoms with Gasteiger partial charge in [0.2, 0.25) is 0 Å². The van der Waals surface area contributed by atoms with Gasteiger partial charge in [-0.2, -0.15) is 0 Å². The Balaban J connectivity index is 2.81. The maximum absolute atomic E-state index is 11.6. The first-order valence-corrected chi connectivity index (χ1v) is 6.16. The van der Waals surface area contributed by atoms with Crippen LogP contribution in [0.2, 0.25) is 0 Å². The summed E-state index contributed by atoms with van der Waals surface area (Å²) in [5.41, 5.74) is 0. The lowest BCUT2D eigenvalue weighted by molar-refractivity contribution is 0.582. The largest absolute Gasteiger partial charge is 0.336 e. The van der Waals surface area contributed by atoms with Crippen LogP contribution in [0.3, 0.4) is 0 Å². The summed E-state index contributed by atoms with van der Waals surface area (Å²) in [6, 6.07) is 0. The Labute approximate surface area is 93.8 Å². The molecule has 0 aliphatic rings. The van der Waals surface area contributed by atoms with Gasteiger partial charge in [0.05, 0.1) is 6.33 Å². The van der Waals surface area contributed by atoms with E-state index < -0.39 is 10.0 Å². The van der Waals surface area contributed by atoms with Crippen molar-refractivity contribution in [3.63, 3.8) is 0 Å². The van der Waals surface area contributed by atoms with Crippen molar-refractivity contribution >= 4 is 21.6 Å². The van der Waals surface area contributed by atoms with Gasteiger partial charge in [-0.25, -0.2) is 18.1 Å². The van der Waals surface area contributed by atoms with E-state index in [0.29, 0.717) is 6.54 Å². The molecule has 0 aliphatic carbocycles. The number of imidazole rings is 1. The summed E-state index contributed by atoms with van der Waals surface area (Å²) in [4.78, 5) is 3.78. The molecule has 0 bridgehead atoms. The van der Waals surface area contributed by atoms with E-state index in [2.05, 4.69) is 16.3 Å². The topological polar surface area (TPSA) is 64.0 Å². The lowest BCUT2D eigenvalue weighted by atomic mass is 10.7. The smallest absolute Gasteiger partial charge is 0.259 e. The summed E-state index contributed by atoms with van der Waals surface area (Å²) >= 11 is 5.46. The highest BCUT2D eigenvalue weighted by Gasteiger charge is 2.16. The molecule has 0 atom stereocenters. The number of hydrogen-bond donors (Lipinski definition) is 1. The Morgan fingerprint density at radius 2 is 2.40 bits per heavy atom. The number of aryl methyl sites for hydroxylation is 1. The van der Waals surface area contributed by atoms with Crippen molar-refractivity contribution in [1.82, 2.24) is 14.3 Å². The summed E-state index contributed by atoms with van der Waals surface area (Å²) in [6.45, 7) is 5.96. The lowest BCUT2D eigenvalue weighted by Crippen LogP contribution is -2.25. The van der Waals surface area contributed by atoms with Crippen molar-refractivity contribution in [3.05, 3.63) is 24.1 Å². The van der Waals surface area contributed by atoms with Gasteiger partial charge < -0.3 is 4.57 Å². The maximum atomic E-state index is 11.6. The molecule has 1 aromatic rings. The van der Waals surface area contributed by atoms with Crippen LogP contribution < -0.4 is 4.72 Å². The van der Waals surface area contributed by atoms with Gasteiger partial charge in [-0.3, -0.25) is 0 Å². The van der Waals surface area contributed by atoms with Gasteiger partial charge in [-0.05, 0) is 6.92 Å². The second kappa shape index (κ2) is 4.78. The van der Waals surface area contributed by atoms with Crippen molar-refractivity contribution in [1.29, 1.82) is 0 Å². The zero-order chi connectivity index (χ0) is 11.5. The van der Waals surface area contributed by atoms with E-state index in [0.717, 1.165) is 0 Å². The molecule has 1 aromatic heterocycles. The average molecular weight is 250 g/mol. The predicted octanol–water partition coefficient (Wildman–Crippen LogP) is 0.934. The molecule has 1 N–H and O–H groups in total. The molecule has 84 valence electrons. The van der Waals surface area contributed by atoms with E-state index in [1.165, 1.54) is 12.5 Å². The van der Waals surface area contributed by atoms with Crippen LogP contribution in [0.4, 0.5) is 0 Å². The number of sulfonamides is 1. The molecular weight excluding hydrogens is 238 g/mol. The van der Waals surface area contributed by atoms with Crippen LogP contribution in [0, 0.1) is 0 Å². The molecule has 5 nitrogen and oxygen atoms in total. The van der Waals surface area contributed by atoms with E-state index in [1.807, 2.05) is 6.92 Å². The number of nitrogens with zero attached hydrogens (tertiary/aromatic N) is 2. The molecule has 0 unspecified atom stereocenters. The number of nitrogens with one attached hydrogen (secondary N) is 1. The van der Waals surface area contributed by atoms with Crippen molar-refractivity contribution in [2.45, 2.75) is 18.5 Å². The first kappa shape index (κ1) is 12.2. The maximum Gasteiger partial charge on any atom is 0.259 e. The molecule has 0 amide bonds. The number of hydrogen-bond acceptors (Lipinski definition) is 3. The van der Waals surface area contributed by atoms with E-state index >= 15 is 0 Å². The summed E-state index contributed by atoms with van der Waals surface area (Å²) in [7, 11) is -3.57. The summed E-state index contributed by atoms with van der Waals surface area (Å²) < 4.78 is 27.1. The van der Waals surface area contributed by atoms with Gasteiger partial charge in [0.1, 0.15) is 0 Å². The predicted molar refractivity (Wildman–Crippen MR) is 58.1 cm³/mol. The molecule has 0 saturated carbocycles. The van der Waals surface area contributed by atoms with E-state index in [4.69, 9.17) is 11.6 Å². The van der Waals surface area contributed by atoms with Crippen LogP contribution in [-0.2, 0) is 16.6 Å². The Kier molecular flexibility index (Phi) is 3.90. The standard InChI is InChI=1S/C8H12ClN3O2S/c1-3-12-5-8(10-6-12)15(13,14)11-4-7(2)9/h5-6,11H,2-4H2,1H3. The van der Waals surface area contributed by atoms with E-state index in [9.17, 15) is 8.42 Å². The minimum Gasteiger partial charge on any atom is -0.336 e. The fourth-order valence-electron chi connectivity index (χ4n) is 0.899. The van der Waals surface area contributed by atoms with Crippen LogP contribution in [-0.4, -0.2) is 24.5 Å². The average Bonchev–Trinajstić information content (AvgIpc) is 2.63. The highest BCUT2D eigenvalue weighted by Crippen LogP contribution is 2.05. The third kappa shape index (κ3) is 3.33. The number of halogens is 1. The number of rotatable bonds is 5. The Morgan fingerprint density at radius 1 is 1.73 bits per heavy atom. The van der Waals surface area contributed by atoms with Crippen molar-refractivity contribution < 1.29 is 8.42 Å². The molecule has 15 heavy (non-hydrogen) atoms. The normalized spacial score (nSPS) is 11.6. The fraction of sp³-hybridized carbons (Fsp3) is 0.375. The van der Waals surface area contributed by atoms with Crippen LogP contribution in [0.5, 0.6) is 0 Å². The van der Waals surface area contributed by atoms with Crippen LogP contribution in [0.15, 0.2) is 29.2 Å². The van der Waals surface area contributed by atoms with E-state index in [1.54, 1.807) is 4.57 Å². The second-order valence-corrected chi connectivity index (χ2v) is 5.13. The summed E-state index contributed by atoms with van der Waals surface area (Å²) in [6.07, 6.45) is 2.92. The van der Waals surface area contributed by atoms with E-state index in [-0.39, 0.29) is 16.6 Å². The summed E-state index contributed by atoms with van der Waals surface area (Å²) in [5, 5.41) is 0.218. The lowest BCUT2D eigenvalue weighted by Gasteiger charge is -2.01. The zero-order valence-electron chi connectivity index (χ0n) is 8.27. The first-order valence-electron chi connectivity index (χ1n) is 4.30. The quantitative estimate of drug-likeness (QED) is 0.845. The fourth-order valence-corrected chi connectivity index (χ4v) is 2.02. The second-order valence-electron chi connectivity index (χ2n) is 2.88. The monoisotopic (exact) mass is 249 g/mol. The van der Waals surface area contributed by atoms with Gasteiger partial charge in [0.15, 0.2) is 5.03 Å². The van der Waals surface area contributed by atoms with Crippen molar-refractivity contribution in [3.8, 4) is 0 Å².